The minimum atomic E-state index is -0.717. The molecule has 1 N–H and O–H groups in total. The number of esters is 1. The number of ether oxygens (including phenoxy) is 2. The second-order valence-corrected chi connectivity index (χ2v) is 8.08. The van der Waals surface area contributed by atoms with Gasteiger partial charge < -0.3 is 14.6 Å². The van der Waals surface area contributed by atoms with E-state index in [2.05, 4.69) is 13.5 Å². The molecule has 4 atom stereocenters. The number of carbonyl (C=O) groups excluding carboxylic acids is 1. The van der Waals surface area contributed by atoms with Crippen molar-refractivity contribution in [2.24, 2.45) is 5.92 Å². The quantitative estimate of drug-likeness (QED) is 0.140. The minimum absolute atomic E-state index is 0.0119. The third-order valence-electron chi connectivity index (χ3n) is 5.49. The summed E-state index contributed by atoms with van der Waals surface area (Å²) in [6, 6.07) is 0. The number of unbranched alkanes of at least 4 members (excludes halogenated alkanes) is 6. The van der Waals surface area contributed by atoms with Gasteiger partial charge in [0, 0.05) is 13.3 Å². The van der Waals surface area contributed by atoms with E-state index in [1.807, 2.05) is 0 Å². The van der Waals surface area contributed by atoms with Crippen LogP contribution in [0.15, 0.2) is 12.7 Å². The fourth-order valence-electron chi connectivity index (χ4n) is 3.79. The van der Waals surface area contributed by atoms with Crippen molar-refractivity contribution in [1.82, 2.24) is 0 Å². The Morgan fingerprint density at radius 1 is 1.07 bits per heavy atom. The van der Waals surface area contributed by atoms with Crippen molar-refractivity contribution in [1.29, 1.82) is 0 Å². The van der Waals surface area contributed by atoms with Gasteiger partial charge in [0.05, 0.1) is 18.1 Å². The Morgan fingerprint density at radius 2 is 1.75 bits per heavy atom. The molecular weight excluding hydrogens is 356 g/mol. The summed E-state index contributed by atoms with van der Waals surface area (Å²) in [4.78, 5) is 22.4. The molecule has 0 radical (unpaired) electrons. The fourth-order valence-corrected chi connectivity index (χ4v) is 3.79. The first kappa shape index (κ1) is 24.7. The smallest absolute Gasteiger partial charge is 0.306 e. The molecule has 1 aliphatic heterocycles. The number of carboxylic acid groups (broad SMARTS) is 1. The van der Waals surface area contributed by atoms with Gasteiger partial charge in [-0.15, -0.1) is 6.58 Å². The topological polar surface area (TPSA) is 76.1 Å². The van der Waals surface area contributed by atoms with Crippen LogP contribution in [-0.2, 0) is 19.1 Å². The highest BCUT2D eigenvalue weighted by atomic mass is 16.6. The average Bonchev–Trinajstić information content (AvgIpc) is 3.37. The molecule has 0 aromatic carbocycles. The van der Waals surface area contributed by atoms with Crippen molar-refractivity contribution in [2.75, 3.05) is 0 Å². The fraction of sp³-hybridized carbons (Fsp3) is 0.826. The van der Waals surface area contributed by atoms with Crippen LogP contribution in [0.25, 0.3) is 0 Å². The molecule has 0 aromatic rings. The van der Waals surface area contributed by atoms with Crippen LogP contribution in [-0.4, -0.2) is 35.4 Å². The minimum Gasteiger partial charge on any atom is -0.481 e. The van der Waals surface area contributed by atoms with E-state index in [0.717, 1.165) is 57.8 Å². The summed E-state index contributed by atoms with van der Waals surface area (Å²) < 4.78 is 11.3. The predicted octanol–water partition coefficient (Wildman–Crippen LogP) is 5.66. The summed E-state index contributed by atoms with van der Waals surface area (Å²) in [5.74, 6) is -1.20. The lowest BCUT2D eigenvalue weighted by Gasteiger charge is -2.16. The van der Waals surface area contributed by atoms with Crippen LogP contribution in [0, 0.1) is 5.92 Å². The zero-order valence-electron chi connectivity index (χ0n) is 17.9. The van der Waals surface area contributed by atoms with Crippen molar-refractivity contribution in [2.45, 2.75) is 116 Å². The van der Waals surface area contributed by atoms with E-state index in [9.17, 15) is 9.59 Å². The van der Waals surface area contributed by atoms with Crippen LogP contribution in [0.1, 0.15) is 97.3 Å². The Morgan fingerprint density at radius 3 is 2.39 bits per heavy atom. The molecule has 0 bridgehead atoms. The van der Waals surface area contributed by atoms with Gasteiger partial charge in [0.25, 0.3) is 0 Å². The van der Waals surface area contributed by atoms with Gasteiger partial charge in [0.2, 0.25) is 0 Å². The Kier molecular flexibility index (Phi) is 12.9. The van der Waals surface area contributed by atoms with Crippen molar-refractivity contribution < 1.29 is 24.2 Å². The van der Waals surface area contributed by atoms with E-state index in [1.165, 1.54) is 26.2 Å². The largest absolute Gasteiger partial charge is 0.481 e. The number of epoxide rings is 1. The van der Waals surface area contributed by atoms with Gasteiger partial charge in [-0.2, -0.15) is 0 Å². The summed E-state index contributed by atoms with van der Waals surface area (Å²) >= 11 is 0. The molecule has 5 heteroatoms. The molecule has 0 amide bonds. The van der Waals surface area contributed by atoms with Gasteiger partial charge in [0.15, 0.2) is 0 Å². The second kappa shape index (κ2) is 14.6. The lowest BCUT2D eigenvalue weighted by molar-refractivity contribution is -0.147. The number of hydrogen-bond acceptors (Lipinski definition) is 4. The lowest BCUT2D eigenvalue weighted by Crippen LogP contribution is -2.19. The van der Waals surface area contributed by atoms with Crippen LogP contribution in [0.4, 0.5) is 0 Å². The number of carboxylic acids is 1. The van der Waals surface area contributed by atoms with E-state index in [4.69, 9.17) is 14.6 Å². The van der Waals surface area contributed by atoms with Crippen LogP contribution < -0.4 is 0 Å². The molecule has 1 rings (SSSR count). The summed E-state index contributed by atoms with van der Waals surface area (Å²) in [6.07, 6.45) is 15.3. The van der Waals surface area contributed by atoms with Crippen LogP contribution in [0.3, 0.4) is 0 Å². The maximum absolute atomic E-state index is 11.3. The third kappa shape index (κ3) is 11.5. The molecule has 5 nitrogen and oxygen atoms in total. The zero-order chi connectivity index (χ0) is 20.8. The summed E-state index contributed by atoms with van der Waals surface area (Å²) in [6.45, 7) is 7.30. The molecule has 0 aliphatic carbocycles. The Labute approximate surface area is 170 Å². The highest BCUT2D eigenvalue weighted by Gasteiger charge is 2.40. The molecule has 1 fully saturated rings. The SMILES string of the molecule is C=CCC(CCCCCCC1OC1CC(CCCCCC)OC(C)=O)C(=O)O. The zero-order valence-corrected chi connectivity index (χ0v) is 17.9. The summed E-state index contributed by atoms with van der Waals surface area (Å²) in [7, 11) is 0. The van der Waals surface area contributed by atoms with Gasteiger partial charge in [0.1, 0.15) is 6.10 Å². The molecule has 1 aliphatic rings. The first-order chi connectivity index (χ1) is 13.5. The Balaban J connectivity index is 2.12. The number of aliphatic carboxylic acids is 1. The standard InChI is InChI=1S/C23H40O5/c1-4-6-7-11-15-20(27-18(3)24)17-22-21(28-22)16-12-9-8-10-14-19(13-5-2)23(25)26/h5,19-22H,2,4,6-17H2,1,3H3,(H,25,26). The summed E-state index contributed by atoms with van der Waals surface area (Å²) in [5, 5.41) is 9.13. The maximum Gasteiger partial charge on any atom is 0.306 e. The van der Waals surface area contributed by atoms with Crippen molar-refractivity contribution in [3.8, 4) is 0 Å². The molecule has 1 saturated heterocycles. The summed E-state index contributed by atoms with van der Waals surface area (Å²) in [5.41, 5.74) is 0. The third-order valence-corrected chi connectivity index (χ3v) is 5.49. The molecule has 4 unspecified atom stereocenters. The molecule has 162 valence electrons. The first-order valence-electron chi connectivity index (χ1n) is 11.1. The highest BCUT2D eigenvalue weighted by molar-refractivity contribution is 5.70. The molecular formula is C23H40O5. The van der Waals surface area contributed by atoms with E-state index in [1.54, 1.807) is 6.08 Å². The van der Waals surface area contributed by atoms with E-state index in [-0.39, 0.29) is 24.1 Å². The van der Waals surface area contributed by atoms with E-state index < -0.39 is 5.97 Å². The number of rotatable bonds is 18. The highest BCUT2D eigenvalue weighted by Crippen LogP contribution is 2.33. The average molecular weight is 397 g/mol. The van der Waals surface area contributed by atoms with Gasteiger partial charge in [-0.1, -0.05) is 57.9 Å². The molecule has 0 saturated carbocycles. The lowest BCUT2D eigenvalue weighted by atomic mass is 9.97. The van der Waals surface area contributed by atoms with Crippen LogP contribution >= 0.6 is 0 Å². The first-order valence-corrected chi connectivity index (χ1v) is 11.1. The number of carbonyl (C=O) groups is 2. The van der Waals surface area contributed by atoms with Gasteiger partial charge in [-0.25, -0.2) is 0 Å². The molecule has 1 heterocycles. The van der Waals surface area contributed by atoms with Gasteiger partial charge >= 0.3 is 11.9 Å². The second-order valence-electron chi connectivity index (χ2n) is 8.08. The predicted molar refractivity (Wildman–Crippen MR) is 111 cm³/mol. The maximum atomic E-state index is 11.3. The van der Waals surface area contributed by atoms with Gasteiger partial charge in [-0.3, -0.25) is 9.59 Å². The van der Waals surface area contributed by atoms with Gasteiger partial charge in [-0.05, 0) is 32.1 Å². The molecule has 28 heavy (non-hydrogen) atoms. The van der Waals surface area contributed by atoms with Crippen LogP contribution in [0.5, 0.6) is 0 Å². The Bertz CT molecular complexity index is 462. The normalized spacial score (nSPS) is 20.4. The number of allylic oxidation sites excluding steroid dienone is 1. The van der Waals surface area contributed by atoms with Crippen LogP contribution in [0.2, 0.25) is 0 Å². The monoisotopic (exact) mass is 396 g/mol. The molecule has 0 aromatic heterocycles. The van der Waals surface area contributed by atoms with Crippen molar-refractivity contribution in [3.05, 3.63) is 12.7 Å². The number of hydrogen-bond donors (Lipinski definition) is 1. The molecule has 0 spiro atoms. The van der Waals surface area contributed by atoms with E-state index in [0.29, 0.717) is 12.5 Å². The van der Waals surface area contributed by atoms with E-state index >= 15 is 0 Å². The van der Waals surface area contributed by atoms with Crippen molar-refractivity contribution >= 4 is 11.9 Å². The van der Waals surface area contributed by atoms with Crippen molar-refractivity contribution in [3.63, 3.8) is 0 Å². The Hall–Kier alpha value is -1.36.